The Balaban J connectivity index is 1.36. The lowest BCUT2D eigenvalue weighted by Gasteiger charge is -2.24. The van der Waals surface area contributed by atoms with Crippen LogP contribution in [0.5, 0.6) is 0 Å². The van der Waals surface area contributed by atoms with Crippen LogP contribution in [-0.4, -0.2) is 0 Å². The second kappa shape index (κ2) is 9.64. The number of hydrogen-bond donors (Lipinski definition) is 0. The van der Waals surface area contributed by atoms with Crippen LogP contribution in [0.3, 0.4) is 0 Å². The molecule has 8 aromatic carbocycles. The molecule has 47 heavy (non-hydrogen) atoms. The highest BCUT2D eigenvalue weighted by Gasteiger charge is 2.36. The van der Waals surface area contributed by atoms with Gasteiger partial charge in [0.25, 0.3) is 0 Å². The fourth-order valence-corrected chi connectivity index (χ4v) is 8.74. The van der Waals surface area contributed by atoms with Crippen molar-refractivity contribution in [2.45, 2.75) is 19.3 Å². The van der Waals surface area contributed by atoms with Crippen molar-refractivity contribution < 1.29 is 0 Å². The van der Waals surface area contributed by atoms with Crippen molar-refractivity contribution in [3.63, 3.8) is 0 Å². The normalized spacial score (nSPS) is 13.5. The first-order valence-corrected chi connectivity index (χ1v) is 16.6. The van der Waals surface area contributed by atoms with E-state index in [0.717, 1.165) is 0 Å². The van der Waals surface area contributed by atoms with Crippen molar-refractivity contribution >= 4 is 21.5 Å². The Morgan fingerprint density at radius 3 is 1.64 bits per heavy atom. The van der Waals surface area contributed by atoms with Crippen molar-refractivity contribution in [2.24, 2.45) is 0 Å². The van der Waals surface area contributed by atoms with E-state index in [1.165, 1.54) is 99.4 Å². The van der Waals surface area contributed by atoms with Crippen LogP contribution in [0.25, 0.3) is 88.3 Å². The van der Waals surface area contributed by atoms with E-state index in [9.17, 15) is 0 Å². The van der Waals surface area contributed by atoms with Gasteiger partial charge < -0.3 is 0 Å². The topological polar surface area (TPSA) is 0 Å². The van der Waals surface area contributed by atoms with Crippen molar-refractivity contribution in [3.05, 3.63) is 169 Å². The highest BCUT2D eigenvalue weighted by molar-refractivity contribution is 6.28. The van der Waals surface area contributed by atoms with Gasteiger partial charge in [-0.1, -0.05) is 166 Å². The molecule has 0 radical (unpaired) electrons. The molecule has 0 nitrogen and oxygen atoms in total. The van der Waals surface area contributed by atoms with Gasteiger partial charge in [0.05, 0.1) is 0 Å². The first kappa shape index (κ1) is 26.5. The minimum Gasteiger partial charge on any atom is -0.0622 e. The zero-order chi connectivity index (χ0) is 31.3. The van der Waals surface area contributed by atoms with Crippen molar-refractivity contribution in [1.82, 2.24) is 0 Å². The molecule has 0 N–H and O–H groups in total. The van der Waals surface area contributed by atoms with Crippen molar-refractivity contribution in [2.75, 3.05) is 0 Å². The summed E-state index contributed by atoms with van der Waals surface area (Å²) in [6.45, 7) is 4.76. The highest BCUT2D eigenvalue weighted by Crippen LogP contribution is 2.59. The molecule has 0 spiro atoms. The number of hydrogen-bond acceptors (Lipinski definition) is 0. The minimum absolute atomic E-state index is 0.0710. The molecule has 0 amide bonds. The first-order chi connectivity index (χ1) is 23.1. The van der Waals surface area contributed by atoms with Crippen LogP contribution in [0, 0.1) is 0 Å². The third kappa shape index (κ3) is 3.59. The van der Waals surface area contributed by atoms with Crippen LogP contribution in [0.2, 0.25) is 0 Å². The lowest BCUT2D eigenvalue weighted by molar-refractivity contribution is 0.660. The monoisotopic (exact) mass is 596 g/mol. The Kier molecular flexibility index (Phi) is 5.44. The molecule has 0 bridgehead atoms. The second-order valence-corrected chi connectivity index (χ2v) is 13.6. The van der Waals surface area contributed by atoms with Gasteiger partial charge in [-0.25, -0.2) is 0 Å². The van der Waals surface area contributed by atoms with Gasteiger partial charge >= 0.3 is 0 Å². The average Bonchev–Trinajstić information content (AvgIpc) is 3.57. The number of fused-ring (bicyclic) bond motifs is 7. The summed E-state index contributed by atoms with van der Waals surface area (Å²) in [4.78, 5) is 0. The van der Waals surface area contributed by atoms with Crippen LogP contribution in [0.4, 0.5) is 0 Å². The minimum atomic E-state index is -0.0710. The molecule has 2 aliphatic carbocycles. The fourth-order valence-electron chi connectivity index (χ4n) is 8.74. The molecule has 2 aliphatic rings. The van der Waals surface area contributed by atoms with E-state index >= 15 is 0 Å². The Bertz CT molecular complexity index is 2580. The highest BCUT2D eigenvalue weighted by atomic mass is 14.4. The quantitative estimate of drug-likeness (QED) is 0.190. The second-order valence-electron chi connectivity index (χ2n) is 13.6. The maximum Gasteiger partial charge on any atom is 0.0159 e. The SMILES string of the molecule is CC1(C)c2ccccc2-c2ccc(-c3c4c(c(-c5ccccc5-c5ccccc5)c5ccccc35)-c3cccc5cccc-4c35)cc21. The molecule has 0 aliphatic heterocycles. The van der Waals surface area contributed by atoms with Gasteiger partial charge in [-0.2, -0.15) is 0 Å². The van der Waals surface area contributed by atoms with E-state index in [-0.39, 0.29) is 5.41 Å². The summed E-state index contributed by atoms with van der Waals surface area (Å²) in [6.07, 6.45) is 0. The molecule has 8 aromatic rings. The molecule has 0 atom stereocenters. The molecular formula is C47H32. The molecule has 0 fully saturated rings. The van der Waals surface area contributed by atoms with Gasteiger partial charge in [0.15, 0.2) is 0 Å². The van der Waals surface area contributed by atoms with Gasteiger partial charge in [0.2, 0.25) is 0 Å². The summed E-state index contributed by atoms with van der Waals surface area (Å²) in [5, 5.41) is 5.23. The van der Waals surface area contributed by atoms with E-state index in [0.29, 0.717) is 0 Å². The average molecular weight is 597 g/mol. The van der Waals surface area contributed by atoms with Crippen LogP contribution in [0.15, 0.2) is 158 Å². The van der Waals surface area contributed by atoms with E-state index < -0.39 is 0 Å². The van der Waals surface area contributed by atoms with Gasteiger partial charge in [0.1, 0.15) is 0 Å². The standard InChI is InChI=1S/C47H32/c1-47(2)40-25-11-10-19-33(40)34-27-26-31(28-41(34)47)43-36-21-8-9-22-37(36)44(35-20-7-6-18-32(35)29-14-4-3-5-15-29)46-39-24-13-17-30-16-12-23-38(42(30)39)45(43)46/h3-28H,1-2H3. The zero-order valence-corrected chi connectivity index (χ0v) is 26.5. The molecule has 0 saturated heterocycles. The lowest BCUT2D eigenvalue weighted by atomic mass is 9.79. The van der Waals surface area contributed by atoms with Crippen LogP contribution in [0.1, 0.15) is 25.0 Å². The third-order valence-electron chi connectivity index (χ3n) is 10.8. The van der Waals surface area contributed by atoms with Crippen molar-refractivity contribution in [3.8, 4) is 66.8 Å². The fraction of sp³-hybridized carbons (Fsp3) is 0.0638. The molecule has 0 heteroatoms. The maximum absolute atomic E-state index is 2.50. The molecule has 220 valence electrons. The summed E-state index contributed by atoms with van der Waals surface area (Å²) in [5.41, 5.74) is 18.5. The number of benzene rings is 8. The van der Waals surface area contributed by atoms with E-state index in [2.05, 4.69) is 172 Å². The maximum atomic E-state index is 2.50. The molecular weight excluding hydrogens is 565 g/mol. The molecule has 0 saturated carbocycles. The van der Waals surface area contributed by atoms with E-state index in [1.807, 2.05) is 0 Å². The van der Waals surface area contributed by atoms with Gasteiger partial charge in [-0.05, 0) is 105 Å². The Labute approximate surface area is 275 Å². The summed E-state index contributed by atoms with van der Waals surface area (Å²) >= 11 is 0. The Morgan fingerprint density at radius 2 is 0.894 bits per heavy atom. The van der Waals surface area contributed by atoms with E-state index in [1.54, 1.807) is 0 Å². The van der Waals surface area contributed by atoms with Crippen LogP contribution >= 0.6 is 0 Å². The summed E-state index contributed by atoms with van der Waals surface area (Å²) in [5.74, 6) is 0. The summed E-state index contributed by atoms with van der Waals surface area (Å²) in [6, 6.07) is 58.8. The molecule has 10 rings (SSSR count). The molecule has 0 aromatic heterocycles. The van der Waals surface area contributed by atoms with Gasteiger partial charge in [-0.15, -0.1) is 0 Å². The Hall–Kier alpha value is -5.72. The lowest BCUT2D eigenvalue weighted by Crippen LogP contribution is -2.14. The number of rotatable bonds is 3. The van der Waals surface area contributed by atoms with Crippen LogP contribution < -0.4 is 0 Å². The predicted octanol–water partition coefficient (Wildman–Crippen LogP) is 12.9. The largest absolute Gasteiger partial charge is 0.0622 e. The first-order valence-electron chi connectivity index (χ1n) is 16.6. The zero-order valence-electron chi connectivity index (χ0n) is 26.5. The van der Waals surface area contributed by atoms with E-state index in [4.69, 9.17) is 0 Å². The summed E-state index contributed by atoms with van der Waals surface area (Å²) in [7, 11) is 0. The van der Waals surface area contributed by atoms with Crippen LogP contribution in [-0.2, 0) is 5.41 Å². The Morgan fingerprint density at radius 1 is 0.340 bits per heavy atom. The predicted molar refractivity (Wildman–Crippen MR) is 200 cm³/mol. The molecule has 0 unspecified atom stereocenters. The third-order valence-corrected chi connectivity index (χ3v) is 10.8. The van der Waals surface area contributed by atoms with Gasteiger partial charge in [-0.3, -0.25) is 0 Å². The van der Waals surface area contributed by atoms with Crippen molar-refractivity contribution in [1.29, 1.82) is 0 Å². The smallest absolute Gasteiger partial charge is 0.0159 e. The summed E-state index contributed by atoms with van der Waals surface area (Å²) < 4.78 is 0. The molecule has 0 heterocycles. The van der Waals surface area contributed by atoms with Gasteiger partial charge in [0, 0.05) is 5.41 Å².